The molecule has 0 bridgehead atoms. The number of carbonyl (C=O) groups is 1. The molecule has 3 aromatic rings. The molecule has 4 rings (SSSR count). The zero-order valence-corrected chi connectivity index (χ0v) is 18.6. The molecule has 164 valence electrons. The third-order valence-corrected chi connectivity index (χ3v) is 6.41. The predicted octanol–water partition coefficient (Wildman–Crippen LogP) is 5.11. The fourth-order valence-corrected chi connectivity index (χ4v) is 4.70. The van der Waals surface area contributed by atoms with Gasteiger partial charge in [-0.25, -0.2) is 4.39 Å². The van der Waals surface area contributed by atoms with Gasteiger partial charge in [0.1, 0.15) is 11.6 Å². The van der Waals surface area contributed by atoms with E-state index < -0.39 is 0 Å². The van der Waals surface area contributed by atoms with Crippen LogP contribution in [0.1, 0.15) is 52.0 Å². The summed E-state index contributed by atoms with van der Waals surface area (Å²) in [5.74, 6) is 0.322. The monoisotopic (exact) mass is 443 g/mol. The molecule has 1 aliphatic rings. The van der Waals surface area contributed by atoms with Crippen molar-refractivity contribution in [2.45, 2.75) is 39.3 Å². The molecule has 5 nitrogen and oxygen atoms in total. The van der Waals surface area contributed by atoms with Gasteiger partial charge in [0.05, 0.1) is 24.4 Å². The van der Waals surface area contributed by atoms with E-state index in [2.05, 4.69) is 14.8 Å². The van der Waals surface area contributed by atoms with E-state index in [0.29, 0.717) is 29.2 Å². The van der Waals surface area contributed by atoms with Crippen molar-refractivity contribution in [1.29, 1.82) is 0 Å². The van der Waals surface area contributed by atoms with Gasteiger partial charge < -0.3 is 14.3 Å². The number of furan rings is 1. The molecule has 3 heterocycles. The SMILES string of the molecule is Cc1cc(C(=O)NCC(c2c(F)cccc2Cl)N2CCCC2)c(C)n1Cc1ccco1. The van der Waals surface area contributed by atoms with Gasteiger partial charge >= 0.3 is 0 Å². The lowest BCUT2D eigenvalue weighted by molar-refractivity contribution is 0.0936. The second-order valence-corrected chi connectivity index (χ2v) is 8.46. The molecular formula is C24H27ClFN3O2. The molecule has 0 radical (unpaired) electrons. The number of hydrogen-bond acceptors (Lipinski definition) is 3. The van der Waals surface area contributed by atoms with Gasteiger partial charge in [-0.3, -0.25) is 9.69 Å². The Morgan fingerprint density at radius 2 is 2.00 bits per heavy atom. The fraction of sp³-hybridized carbons (Fsp3) is 0.375. The fourth-order valence-electron chi connectivity index (χ4n) is 4.41. The van der Waals surface area contributed by atoms with Crippen molar-refractivity contribution in [2.75, 3.05) is 19.6 Å². The van der Waals surface area contributed by atoms with E-state index in [1.807, 2.05) is 32.0 Å². The van der Waals surface area contributed by atoms with E-state index in [9.17, 15) is 9.18 Å². The first-order chi connectivity index (χ1) is 15.0. The third-order valence-electron chi connectivity index (χ3n) is 6.08. The number of hydrogen-bond donors (Lipinski definition) is 1. The van der Waals surface area contributed by atoms with Crippen LogP contribution < -0.4 is 5.32 Å². The highest BCUT2D eigenvalue weighted by Crippen LogP contribution is 2.32. The molecule has 1 aliphatic heterocycles. The van der Waals surface area contributed by atoms with Gasteiger partial charge in [0, 0.05) is 28.5 Å². The summed E-state index contributed by atoms with van der Waals surface area (Å²) in [7, 11) is 0. The van der Waals surface area contributed by atoms with Crippen LogP contribution in [0.15, 0.2) is 47.1 Å². The molecule has 1 N–H and O–H groups in total. The number of nitrogens with zero attached hydrogens (tertiary/aromatic N) is 2. The molecule has 1 saturated heterocycles. The zero-order chi connectivity index (χ0) is 22.0. The summed E-state index contributed by atoms with van der Waals surface area (Å²) in [6.07, 6.45) is 3.76. The number of nitrogens with one attached hydrogen (secondary N) is 1. The highest BCUT2D eigenvalue weighted by Gasteiger charge is 2.28. The molecule has 0 saturated carbocycles. The Labute approximate surface area is 186 Å². The van der Waals surface area contributed by atoms with E-state index in [0.717, 1.165) is 43.1 Å². The van der Waals surface area contributed by atoms with Crippen LogP contribution in [0.5, 0.6) is 0 Å². The average molecular weight is 444 g/mol. The first-order valence-corrected chi connectivity index (χ1v) is 11.0. The van der Waals surface area contributed by atoms with E-state index in [-0.39, 0.29) is 17.8 Å². The molecule has 7 heteroatoms. The molecule has 31 heavy (non-hydrogen) atoms. The Kier molecular flexibility index (Phi) is 6.49. The topological polar surface area (TPSA) is 50.4 Å². The lowest BCUT2D eigenvalue weighted by Gasteiger charge is -2.29. The maximum Gasteiger partial charge on any atom is 0.253 e. The number of rotatable bonds is 7. The quantitative estimate of drug-likeness (QED) is 0.552. The minimum absolute atomic E-state index is 0.171. The lowest BCUT2D eigenvalue weighted by Crippen LogP contribution is -2.37. The van der Waals surface area contributed by atoms with Crippen LogP contribution in [0.3, 0.4) is 0 Å². The maximum atomic E-state index is 14.7. The van der Waals surface area contributed by atoms with Crippen LogP contribution in [-0.2, 0) is 6.54 Å². The molecular weight excluding hydrogens is 417 g/mol. The minimum Gasteiger partial charge on any atom is -0.467 e. The summed E-state index contributed by atoms with van der Waals surface area (Å²) in [6, 6.07) is 10.1. The highest BCUT2D eigenvalue weighted by molar-refractivity contribution is 6.31. The molecule has 0 spiro atoms. The van der Waals surface area contributed by atoms with Crippen molar-refractivity contribution in [3.8, 4) is 0 Å². The number of carbonyl (C=O) groups excluding carboxylic acids is 1. The summed E-state index contributed by atoms with van der Waals surface area (Å²) in [5, 5.41) is 3.42. The molecule has 1 aromatic carbocycles. The lowest BCUT2D eigenvalue weighted by atomic mass is 10.0. The highest BCUT2D eigenvalue weighted by atomic mass is 35.5. The normalized spacial score (nSPS) is 15.4. The summed E-state index contributed by atoms with van der Waals surface area (Å²) >= 11 is 6.36. The average Bonchev–Trinajstić information content (AvgIpc) is 3.49. The number of amides is 1. The van der Waals surface area contributed by atoms with Crippen LogP contribution in [0.4, 0.5) is 4.39 Å². The van der Waals surface area contributed by atoms with Gasteiger partial charge in [0.25, 0.3) is 5.91 Å². The van der Waals surface area contributed by atoms with Gasteiger partial charge in [0.2, 0.25) is 0 Å². The van der Waals surface area contributed by atoms with Gasteiger partial charge in [-0.05, 0) is 70.1 Å². The second kappa shape index (κ2) is 9.28. The first-order valence-electron chi connectivity index (χ1n) is 10.6. The third kappa shape index (κ3) is 4.55. The Balaban J connectivity index is 1.53. The van der Waals surface area contributed by atoms with Gasteiger partial charge in [-0.1, -0.05) is 17.7 Å². The number of aromatic nitrogens is 1. The van der Waals surface area contributed by atoms with Crippen LogP contribution in [0, 0.1) is 19.7 Å². The largest absolute Gasteiger partial charge is 0.467 e. The van der Waals surface area contributed by atoms with Gasteiger partial charge in [-0.2, -0.15) is 0 Å². The van der Waals surface area contributed by atoms with Crippen molar-refractivity contribution in [1.82, 2.24) is 14.8 Å². The van der Waals surface area contributed by atoms with Crippen molar-refractivity contribution < 1.29 is 13.6 Å². The number of likely N-dealkylation sites (tertiary alicyclic amines) is 1. The Bertz CT molecular complexity index is 1030. The van der Waals surface area contributed by atoms with E-state index in [1.54, 1.807) is 18.4 Å². The molecule has 2 aromatic heterocycles. The van der Waals surface area contributed by atoms with Crippen LogP contribution >= 0.6 is 11.6 Å². The Hall–Kier alpha value is -2.57. The molecule has 1 fully saturated rings. The smallest absolute Gasteiger partial charge is 0.253 e. The van der Waals surface area contributed by atoms with Crippen molar-refractivity contribution in [3.05, 3.63) is 81.8 Å². The predicted molar refractivity (Wildman–Crippen MR) is 119 cm³/mol. The number of halogens is 2. The first kappa shape index (κ1) is 21.7. The van der Waals surface area contributed by atoms with Gasteiger partial charge in [-0.15, -0.1) is 0 Å². The molecule has 1 amide bonds. The zero-order valence-electron chi connectivity index (χ0n) is 17.8. The molecule has 0 aliphatic carbocycles. The Morgan fingerprint density at radius 1 is 1.23 bits per heavy atom. The van der Waals surface area contributed by atoms with Crippen molar-refractivity contribution in [3.63, 3.8) is 0 Å². The van der Waals surface area contributed by atoms with Crippen LogP contribution in [-0.4, -0.2) is 35.0 Å². The number of aryl methyl sites for hydroxylation is 1. The summed E-state index contributed by atoms with van der Waals surface area (Å²) < 4.78 is 22.2. The summed E-state index contributed by atoms with van der Waals surface area (Å²) in [4.78, 5) is 15.3. The van der Waals surface area contributed by atoms with E-state index in [1.165, 1.54) is 6.07 Å². The second-order valence-electron chi connectivity index (χ2n) is 8.05. The van der Waals surface area contributed by atoms with E-state index >= 15 is 0 Å². The van der Waals surface area contributed by atoms with Crippen LogP contribution in [0.2, 0.25) is 5.02 Å². The van der Waals surface area contributed by atoms with Gasteiger partial charge in [0.15, 0.2) is 0 Å². The van der Waals surface area contributed by atoms with Crippen LogP contribution in [0.25, 0.3) is 0 Å². The van der Waals surface area contributed by atoms with Crippen molar-refractivity contribution >= 4 is 17.5 Å². The Morgan fingerprint density at radius 3 is 2.68 bits per heavy atom. The maximum absolute atomic E-state index is 14.7. The van der Waals surface area contributed by atoms with Crippen molar-refractivity contribution in [2.24, 2.45) is 0 Å². The number of benzene rings is 1. The summed E-state index contributed by atoms with van der Waals surface area (Å²) in [5.41, 5.74) is 2.92. The van der Waals surface area contributed by atoms with E-state index in [4.69, 9.17) is 16.0 Å². The minimum atomic E-state index is -0.338. The molecule has 1 unspecified atom stereocenters. The summed E-state index contributed by atoms with van der Waals surface area (Å²) in [6.45, 7) is 6.49. The standard InChI is InChI=1S/C24H27ClFN3O2/c1-16-13-19(17(2)29(16)15-18-7-6-12-31-18)24(30)27-14-22(28-10-3-4-11-28)23-20(25)8-5-9-21(23)26/h5-9,12-13,22H,3-4,10-11,14-15H2,1-2H3,(H,27,30). The molecule has 1 atom stereocenters.